The number of anilines is 2. The van der Waals surface area contributed by atoms with E-state index in [1.807, 2.05) is 0 Å². The van der Waals surface area contributed by atoms with Crippen LogP contribution in [-0.2, 0) is 0 Å². The number of rotatable bonds is 3. The standard InChI is InChI=1S/C12H9FN2O/c13-10-2-1-3-11(6-10)15-12-4-5-14-7-9(12)8-16/h1-8H,(H,14,15). The average molecular weight is 216 g/mol. The second-order valence-corrected chi connectivity index (χ2v) is 3.22. The molecule has 16 heavy (non-hydrogen) atoms. The average Bonchev–Trinajstić information content (AvgIpc) is 2.30. The van der Waals surface area contributed by atoms with Crippen LogP contribution < -0.4 is 5.32 Å². The summed E-state index contributed by atoms with van der Waals surface area (Å²) in [4.78, 5) is 14.6. The second-order valence-electron chi connectivity index (χ2n) is 3.22. The number of halogens is 1. The van der Waals surface area contributed by atoms with Crippen molar-refractivity contribution in [2.75, 3.05) is 5.32 Å². The molecule has 0 aliphatic heterocycles. The fourth-order valence-electron chi connectivity index (χ4n) is 1.34. The van der Waals surface area contributed by atoms with Crippen LogP contribution in [0.4, 0.5) is 15.8 Å². The van der Waals surface area contributed by atoms with Gasteiger partial charge in [-0.3, -0.25) is 9.78 Å². The van der Waals surface area contributed by atoms with E-state index < -0.39 is 0 Å². The maximum atomic E-state index is 12.9. The van der Waals surface area contributed by atoms with E-state index in [1.165, 1.54) is 18.3 Å². The number of hydrogen-bond donors (Lipinski definition) is 1. The number of hydrogen-bond acceptors (Lipinski definition) is 3. The first-order chi connectivity index (χ1) is 7.79. The Bertz CT molecular complexity index is 514. The van der Waals surface area contributed by atoms with Crippen molar-refractivity contribution in [3.63, 3.8) is 0 Å². The van der Waals surface area contributed by atoms with Gasteiger partial charge in [0.05, 0.1) is 11.3 Å². The van der Waals surface area contributed by atoms with Crippen LogP contribution in [0, 0.1) is 5.82 Å². The molecule has 0 amide bonds. The lowest BCUT2D eigenvalue weighted by Gasteiger charge is -2.07. The molecule has 2 rings (SSSR count). The van der Waals surface area contributed by atoms with Gasteiger partial charge in [0, 0.05) is 18.1 Å². The van der Waals surface area contributed by atoms with Gasteiger partial charge in [-0.1, -0.05) is 6.07 Å². The first-order valence-corrected chi connectivity index (χ1v) is 4.71. The van der Waals surface area contributed by atoms with Gasteiger partial charge < -0.3 is 5.32 Å². The summed E-state index contributed by atoms with van der Waals surface area (Å²) in [7, 11) is 0. The summed E-state index contributed by atoms with van der Waals surface area (Å²) >= 11 is 0. The number of nitrogens with one attached hydrogen (secondary N) is 1. The molecule has 0 bridgehead atoms. The van der Waals surface area contributed by atoms with Crippen molar-refractivity contribution in [2.45, 2.75) is 0 Å². The van der Waals surface area contributed by atoms with Gasteiger partial charge in [0.2, 0.25) is 0 Å². The molecule has 0 spiro atoms. The molecule has 2 aromatic rings. The lowest BCUT2D eigenvalue weighted by atomic mass is 10.2. The van der Waals surface area contributed by atoms with Crippen molar-refractivity contribution in [3.8, 4) is 0 Å². The molecule has 0 aliphatic carbocycles. The van der Waals surface area contributed by atoms with Crippen molar-refractivity contribution >= 4 is 17.7 Å². The van der Waals surface area contributed by atoms with E-state index in [0.29, 0.717) is 23.2 Å². The summed E-state index contributed by atoms with van der Waals surface area (Å²) in [5.41, 5.74) is 1.64. The number of carbonyl (C=O) groups excluding carboxylic acids is 1. The monoisotopic (exact) mass is 216 g/mol. The smallest absolute Gasteiger partial charge is 0.153 e. The van der Waals surface area contributed by atoms with Crippen molar-refractivity contribution < 1.29 is 9.18 Å². The minimum Gasteiger partial charge on any atom is -0.355 e. The Hall–Kier alpha value is -2.23. The van der Waals surface area contributed by atoms with Crippen molar-refractivity contribution in [2.24, 2.45) is 0 Å². The minimum atomic E-state index is -0.327. The third-order valence-corrected chi connectivity index (χ3v) is 2.08. The van der Waals surface area contributed by atoms with Crippen LogP contribution >= 0.6 is 0 Å². The summed E-state index contributed by atoms with van der Waals surface area (Å²) in [6, 6.07) is 7.69. The SMILES string of the molecule is O=Cc1cnccc1Nc1cccc(F)c1. The van der Waals surface area contributed by atoms with Crippen molar-refractivity contribution in [1.29, 1.82) is 0 Å². The van der Waals surface area contributed by atoms with E-state index in [9.17, 15) is 9.18 Å². The van der Waals surface area contributed by atoms with Gasteiger partial charge >= 0.3 is 0 Å². The first kappa shape index (κ1) is 10.3. The fraction of sp³-hybridized carbons (Fsp3) is 0. The molecule has 0 saturated carbocycles. The zero-order chi connectivity index (χ0) is 11.4. The molecule has 0 aliphatic rings. The van der Waals surface area contributed by atoms with Gasteiger partial charge in [-0.25, -0.2) is 4.39 Å². The maximum Gasteiger partial charge on any atom is 0.153 e. The highest BCUT2D eigenvalue weighted by Gasteiger charge is 2.01. The Balaban J connectivity index is 2.30. The Morgan fingerprint density at radius 2 is 2.19 bits per heavy atom. The summed E-state index contributed by atoms with van der Waals surface area (Å²) in [6.45, 7) is 0. The van der Waals surface area contributed by atoms with Crippen LogP contribution in [-0.4, -0.2) is 11.3 Å². The summed E-state index contributed by atoms with van der Waals surface area (Å²) < 4.78 is 12.9. The van der Waals surface area contributed by atoms with E-state index in [2.05, 4.69) is 10.3 Å². The molecule has 4 heteroatoms. The molecular weight excluding hydrogens is 207 g/mol. The molecule has 1 aromatic carbocycles. The molecule has 80 valence electrons. The Kier molecular flexibility index (Phi) is 2.91. The van der Waals surface area contributed by atoms with E-state index >= 15 is 0 Å². The van der Waals surface area contributed by atoms with Crippen LogP contribution in [0.1, 0.15) is 10.4 Å². The summed E-state index contributed by atoms with van der Waals surface area (Å²) in [6.07, 6.45) is 3.72. The topological polar surface area (TPSA) is 42.0 Å². The van der Waals surface area contributed by atoms with Gasteiger partial charge in [-0.2, -0.15) is 0 Å². The Labute approximate surface area is 92.0 Å². The molecule has 1 aromatic heterocycles. The third kappa shape index (κ3) is 2.23. The van der Waals surface area contributed by atoms with Crippen molar-refractivity contribution in [1.82, 2.24) is 4.98 Å². The molecule has 0 unspecified atom stereocenters. The third-order valence-electron chi connectivity index (χ3n) is 2.08. The summed E-state index contributed by atoms with van der Waals surface area (Å²) in [5.74, 6) is -0.327. The number of pyridine rings is 1. The largest absolute Gasteiger partial charge is 0.355 e. The quantitative estimate of drug-likeness (QED) is 0.802. The van der Waals surface area contributed by atoms with Crippen molar-refractivity contribution in [3.05, 3.63) is 54.1 Å². The lowest BCUT2D eigenvalue weighted by molar-refractivity contribution is 0.112. The Morgan fingerprint density at radius 1 is 1.31 bits per heavy atom. The molecule has 3 nitrogen and oxygen atoms in total. The molecular formula is C12H9FN2O. The highest BCUT2D eigenvalue weighted by molar-refractivity contribution is 5.85. The highest BCUT2D eigenvalue weighted by Crippen LogP contribution is 2.19. The molecule has 0 radical (unpaired) electrons. The predicted octanol–water partition coefficient (Wildman–Crippen LogP) is 2.78. The number of carbonyl (C=O) groups is 1. The highest BCUT2D eigenvalue weighted by atomic mass is 19.1. The van der Waals surface area contributed by atoms with Crippen LogP contribution in [0.3, 0.4) is 0 Å². The van der Waals surface area contributed by atoms with E-state index in [-0.39, 0.29) is 5.82 Å². The van der Waals surface area contributed by atoms with Gasteiger partial charge in [0.15, 0.2) is 6.29 Å². The van der Waals surface area contributed by atoms with Gasteiger partial charge in [0.1, 0.15) is 5.82 Å². The molecule has 1 N–H and O–H groups in total. The summed E-state index contributed by atoms with van der Waals surface area (Å²) in [5, 5.41) is 2.95. The maximum absolute atomic E-state index is 12.9. The second kappa shape index (κ2) is 4.53. The molecule has 1 heterocycles. The number of aromatic nitrogens is 1. The predicted molar refractivity (Wildman–Crippen MR) is 59.3 cm³/mol. The fourth-order valence-corrected chi connectivity index (χ4v) is 1.34. The Morgan fingerprint density at radius 3 is 2.94 bits per heavy atom. The van der Waals surface area contributed by atoms with Crippen LogP contribution in [0.2, 0.25) is 0 Å². The van der Waals surface area contributed by atoms with Gasteiger partial charge in [-0.15, -0.1) is 0 Å². The first-order valence-electron chi connectivity index (χ1n) is 4.71. The minimum absolute atomic E-state index is 0.327. The number of benzene rings is 1. The normalized spacial score (nSPS) is 9.81. The van der Waals surface area contributed by atoms with Crippen LogP contribution in [0.15, 0.2) is 42.7 Å². The van der Waals surface area contributed by atoms with Crippen LogP contribution in [0.5, 0.6) is 0 Å². The molecule has 0 fully saturated rings. The van der Waals surface area contributed by atoms with Crippen LogP contribution in [0.25, 0.3) is 0 Å². The number of aldehydes is 1. The zero-order valence-corrected chi connectivity index (χ0v) is 8.35. The van der Waals surface area contributed by atoms with E-state index in [1.54, 1.807) is 24.4 Å². The lowest BCUT2D eigenvalue weighted by Crippen LogP contribution is -1.96. The zero-order valence-electron chi connectivity index (χ0n) is 8.35. The molecule has 0 saturated heterocycles. The van der Waals surface area contributed by atoms with E-state index in [0.717, 1.165) is 0 Å². The van der Waals surface area contributed by atoms with E-state index in [4.69, 9.17) is 0 Å². The number of nitrogens with zero attached hydrogens (tertiary/aromatic N) is 1. The van der Waals surface area contributed by atoms with Gasteiger partial charge in [0.25, 0.3) is 0 Å². The molecule has 0 atom stereocenters. The van der Waals surface area contributed by atoms with Gasteiger partial charge in [-0.05, 0) is 24.3 Å².